The van der Waals surface area contributed by atoms with E-state index >= 15 is 0 Å². The Balaban J connectivity index is 2.14. The average molecular weight is 248 g/mol. The topological polar surface area (TPSA) is 70.7 Å². The Morgan fingerprint density at radius 2 is 2.41 bits per heavy atom. The van der Waals surface area contributed by atoms with Crippen LogP contribution in [0.3, 0.4) is 0 Å². The van der Waals surface area contributed by atoms with Crippen molar-refractivity contribution in [2.24, 2.45) is 5.10 Å². The number of amidine groups is 1. The van der Waals surface area contributed by atoms with E-state index in [0.717, 1.165) is 22.2 Å². The largest absolute Gasteiger partial charge is 0.399 e. The van der Waals surface area contributed by atoms with Crippen LogP contribution in [0.25, 0.3) is 0 Å². The lowest BCUT2D eigenvalue weighted by Crippen LogP contribution is -2.54. The summed E-state index contributed by atoms with van der Waals surface area (Å²) in [5, 5.41) is 4.09. The van der Waals surface area contributed by atoms with Crippen LogP contribution < -0.4 is 16.1 Å². The van der Waals surface area contributed by atoms with E-state index in [9.17, 15) is 4.79 Å². The molecule has 2 aliphatic rings. The van der Waals surface area contributed by atoms with Gasteiger partial charge < -0.3 is 10.6 Å². The molecule has 1 aromatic rings. The standard InChI is InChI=1S/C11H12N4OS/c1-6-11(16)14-13-10-5-17-9-3-2-7(12)4-8(9)15(6)10/h2-4,6H,5,12H2,1H3,(H,14,16). The summed E-state index contributed by atoms with van der Waals surface area (Å²) in [7, 11) is 0. The number of hydrazone groups is 1. The van der Waals surface area contributed by atoms with E-state index in [1.165, 1.54) is 0 Å². The lowest BCUT2D eigenvalue weighted by atomic mass is 10.1. The van der Waals surface area contributed by atoms with Crippen LogP contribution in [0.2, 0.25) is 0 Å². The highest BCUT2D eigenvalue weighted by Gasteiger charge is 2.34. The van der Waals surface area contributed by atoms with E-state index in [1.54, 1.807) is 11.8 Å². The zero-order valence-electron chi connectivity index (χ0n) is 9.30. The molecule has 1 aromatic carbocycles. The minimum absolute atomic E-state index is 0.0889. The van der Waals surface area contributed by atoms with Gasteiger partial charge >= 0.3 is 0 Å². The van der Waals surface area contributed by atoms with Gasteiger partial charge in [0, 0.05) is 10.6 Å². The van der Waals surface area contributed by atoms with E-state index in [2.05, 4.69) is 10.5 Å². The van der Waals surface area contributed by atoms with E-state index in [0.29, 0.717) is 5.69 Å². The van der Waals surface area contributed by atoms with Gasteiger partial charge in [-0.25, -0.2) is 5.43 Å². The quantitative estimate of drug-likeness (QED) is 0.672. The van der Waals surface area contributed by atoms with Gasteiger partial charge in [-0.05, 0) is 25.1 Å². The highest BCUT2D eigenvalue weighted by molar-refractivity contribution is 8.00. The third kappa shape index (κ3) is 1.56. The Kier molecular flexibility index (Phi) is 2.25. The van der Waals surface area contributed by atoms with Gasteiger partial charge in [0.2, 0.25) is 0 Å². The minimum atomic E-state index is -0.246. The van der Waals surface area contributed by atoms with Crippen molar-refractivity contribution in [1.29, 1.82) is 0 Å². The number of hydrogen-bond donors (Lipinski definition) is 2. The molecule has 0 radical (unpaired) electrons. The van der Waals surface area contributed by atoms with Crippen molar-refractivity contribution in [1.82, 2.24) is 5.43 Å². The number of fused-ring (bicyclic) bond motifs is 3. The van der Waals surface area contributed by atoms with Crippen molar-refractivity contribution in [2.75, 3.05) is 16.4 Å². The Hall–Kier alpha value is -1.69. The Morgan fingerprint density at radius 1 is 1.59 bits per heavy atom. The number of thioether (sulfide) groups is 1. The highest BCUT2D eigenvalue weighted by Crippen LogP contribution is 2.38. The van der Waals surface area contributed by atoms with Gasteiger partial charge in [0.1, 0.15) is 11.9 Å². The van der Waals surface area contributed by atoms with Crippen molar-refractivity contribution < 1.29 is 4.79 Å². The number of nitrogens with zero attached hydrogens (tertiary/aromatic N) is 2. The fraction of sp³-hybridized carbons (Fsp3) is 0.273. The smallest absolute Gasteiger partial charge is 0.262 e. The predicted octanol–water partition coefficient (Wildman–Crippen LogP) is 1.01. The lowest BCUT2D eigenvalue weighted by molar-refractivity contribution is -0.122. The monoisotopic (exact) mass is 248 g/mol. The molecule has 0 saturated carbocycles. The third-order valence-electron chi connectivity index (χ3n) is 2.94. The Bertz CT molecular complexity index is 528. The fourth-order valence-electron chi connectivity index (χ4n) is 2.04. The molecule has 0 saturated heterocycles. The lowest BCUT2D eigenvalue weighted by Gasteiger charge is -2.38. The number of rotatable bonds is 0. The molecule has 1 unspecified atom stereocenters. The number of nitrogen functional groups attached to an aromatic ring is 1. The molecule has 3 N–H and O–H groups in total. The van der Waals surface area contributed by atoms with Gasteiger partial charge in [0.05, 0.1) is 11.4 Å². The molecule has 2 heterocycles. The fourth-order valence-corrected chi connectivity index (χ4v) is 3.00. The molecule has 0 aromatic heterocycles. The van der Waals surface area contributed by atoms with Gasteiger partial charge in [0.15, 0.2) is 0 Å². The van der Waals surface area contributed by atoms with Gasteiger partial charge in [-0.3, -0.25) is 4.79 Å². The van der Waals surface area contributed by atoms with Crippen LogP contribution in [-0.4, -0.2) is 23.5 Å². The van der Waals surface area contributed by atoms with Crippen LogP contribution in [0.4, 0.5) is 11.4 Å². The maximum absolute atomic E-state index is 11.6. The molecule has 1 amide bonds. The molecule has 0 bridgehead atoms. The van der Waals surface area contributed by atoms with Crippen molar-refractivity contribution in [3.05, 3.63) is 18.2 Å². The molecular formula is C11H12N4OS. The number of benzene rings is 1. The highest BCUT2D eigenvalue weighted by atomic mass is 32.2. The molecule has 6 heteroatoms. The Labute approximate surface area is 103 Å². The summed E-state index contributed by atoms with van der Waals surface area (Å²) >= 11 is 1.71. The molecule has 1 atom stereocenters. The summed E-state index contributed by atoms with van der Waals surface area (Å²) < 4.78 is 0. The van der Waals surface area contributed by atoms with Crippen molar-refractivity contribution in [3.63, 3.8) is 0 Å². The minimum Gasteiger partial charge on any atom is -0.399 e. The number of amides is 1. The van der Waals surface area contributed by atoms with Crippen LogP contribution in [-0.2, 0) is 4.79 Å². The molecule has 5 nitrogen and oxygen atoms in total. The molecule has 2 aliphatic heterocycles. The zero-order valence-corrected chi connectivity index (χ0v) is 10.1. The summed E-state index contributed by atoms with van der Waals surface area (Å²) in [6, 6.07) is 5.52. The first-order valence-electron chi connectivity index (χ1n) is 5.35. The van der Waals surface area contributed by atoms with Gasteiger partial charge in [-0.2, -0.15) is 5.10 Å². The second-order valence-electron chi connectivity index (χ2n) is 4.07. The van der Waals surface area contributed by atoms with Gasteiger partial charge in [-0.1, -0.05) is 0 Å². The molecule has 0 fully saturated rings. The maximum atomic E-state index is 11.6. The van der Waals surface area contributed by atoms with Crippen molar-refractivity contribution in [3.8, 4) is 0 Å². The van der Waals surface area contributed by atoms with Crippen LogP contribution in [0, 0.1) is 0 Å². The summed E-state index contributed by atoms with van der Waals surface area (Å²) in [4.78, 5) is 14.7. The van der Waals surface area contributed by atoms with Crippen LogP contribution >= 0.6 is 11.8 Å². The average Bonchev–Trinajstić information content (AvgIpc) is 2.33. The number of anilines is 2. The first-order chi connectivity index (χ1) is 8.16. The van der Waals surface area contributed by atoms with Crippen LogP contribution in [0.1, 0.15) is 6.92 Å². The van der Waals surface area contributed by atoms with E-state index in [-0.39, 0.29) is 11.9 Å². The maximum Gasteiger partial charge on any atom is 0.262 e. The molecule has 88 valence electrons. The second-order valence-corrected chi connectivity index (χ2v) is 5.08. The number of carbonyl (C=O) groups is 1. The van der Waals surface area contributed by atoms with Crippen molar-refractivity contribution >= 4 is 34.9 Å². The van der Waals surface area contributed by atoms with E-state index in [1.807, 2.05) is 30.0 Å². The SMILES string of the molecule is CC1C(=O)NN=C2CSc3ccc(N)cc3N21. The van der Waals surface area contributed by atoms with E-state index in [4.69, 9.17) is 5.73 Å². The summed E-state index contributed by atoms with van der Waals surface area (Å²) in [5.41, 5.74) is 10.0. The molecular weight excluding hydrogens is 236 g/mol. The summed E-state index contributed by atoms with van der Waals surface area (Å²) in [6.07, 6.45) is 0. The van der Waals surface area contributed by atoms with Gasteiger partial charge in [0.25, 0.3) is 5.91 Å². The first-order valence-corrected chi connectivity index (χ1v) is 6.33. The molecule has 17 heavy (non-hydrogen) atoms. The first kappa shape index (κ1) is 10.5. The third-order valence-corrected chi connectivity index (χ3v) is 4.00. The molecule has 0 spiro atoms. The number of hydrogen-bond acceptors (Lipinski definition) is 5. The van der Waals surface area contributed by atoms with Crippen LogP contribution in [0.15, 0.2) is 28.2 Å². The van der Waals surface area contributed by atoms with E-state index < -0.39 is 0 Å². The van der Waals surface area contributed by atoms with Crippen LogP contribution in [0.5, 0.6) is 0 Å². The Morgan fingerprint density at radius 3 is 3.24 bits per heavy atom. The molecule has 0 aliphatic carbocycles. The number of nitrogens with one attached hydrogen (secondary N) is 1. The second kappa shape index (κ2) is 3.66. The zero-order chi connectivity index (χ0) is 12.0. The van der Waals surface area contributed by atoms with Crippen molar-refractivity contribution in [2.45, 2.75) is 17.9 Å². The number of nitrogens with two attached hydrogens (primary N) is 1. The summed E-state index contributed by atoms with van der Waals surface area (Å²) in [6.45, 7) is 1.87. The number of carbonyl (C=O) groups excluding carboxylic acids is 1. The van der Waals surface area contributed by atoms with Gasteiger partial charge in [-0.15, -0.1) is 11.8 Å². The molecule has 3 rings (SSSR count). The predicted molar refractivity (Wildman–Crippen MR) is 69.1 cm³/mol. The normalized spacial score (nSPS) is 22.4. The summed E-state index contributed by atoms with van der Waals surface area (Å²) in [5.74, 6) is 1.55.